The second-order valence-electron chi connectivity index (χ2n) is 13.5. The molecule has 0 spiro atoms. The van der Waals surface area contributed by atoms with Crippen LogP contribution in [0.2, 0.25) is 0 Å². The summed E-state index contributed by atoms with van der Waals surface area (Å²) in [5, 5.41) is 1.21. The van der Waals surface area contributed by atoms with Crippen molar-refractivity contribution in [3.05, 3.63) is 136 Å². The van der Waals surface area contributed by atoms with E-state index in [1.807, 2.05) is 18.2 Å². The fraction of sp³-hybridized carbons (Fsp3) is 0.372. The summed E-state index contributed by atoms with van der Waals surface area (Å²) in [6, 6.07) is 16.8. The van der Waals surface area contributed by atoms with Gasteiger partial charge < -0.3 is 19.1 Å². The van der Waals surface area contributed by atoms with Crippen LogP contribution < -0.4 is 0 Å². The topological polar surface area (TPSA) is 37.7 Å². The molecule has 0 amide bonds. The van der Waals surface area contributed by atoms with Crippen LogP contribution in [0.4, 0.5) is 0 Å². The van der Waals surface area contributed by atoms with Gasteiger partial charge in [0.15, 0.2) is 5.60 Å². The van der Waals surface area contributed by atoms with Gasteiger partial charge in [-0.1, -0.05) is 66.8 Å². The van der Waals surface area contributed by atoms with E-state index in [9.17, 15) is 4.79 Å². The standard InChI is InChI=1S/C43H51N3O2/c1-10-44(11-2)30(6)26-25-29(5)43(36-22-16-14-20-33(36)41(47)48-43)28-35(39-31(7)45(12-3)37-23-17-15-21-34(37)39)40-32(8)46(13-4)38-24-18-19-27-42(38,40)9/h14-28,38H,10-13H2,1-9H3/b29-25+,30-26+,35-28-. The summed E-state index contributed by atoms with van der Waals surface area (Å²) in [6.07, 6.45) is 15.7. The summed E-state index contributed by atoms with van der Waals surface area (Å²) in [4.78, 5) is 18.7. The van der Waals surface area contributed by atoms with Crippen LogP contribution in [-0.2, 0) is 16.9 Å². The number of allylic oxidation sites excluding steroid dienone is 7. The third-order valence-electron chi connectivity index (χ3n) is 11.1. The van der Waals surface area contributed by atoms with Crippen LogP contribution in [0.5, 0.6) is 0 Å². The van der Waals surface area contributed by atoms with Crippen molar-refractivity contribution in [3.63, 3.8) is 0 Å². The van der Waals surface area contributed by atoms with Crippen LogP contribution in [-0.4, -0.2) is 46.0 Å². The van der Waals surface area contributed by atoms with Crippen molar-refractivity contribution in [2.24, 2.45) is 5.41 Å². The second-order valence-corrected chi connectivity index (χ2v) is 13.5. The van der Waals surface area contributed by atoms with Gasteiger partial charge in [-0.15, -0.1) is 0 Å². The summed E-state index contributed by atoms with van der Waals surface area (Å²) >= 11 is 0. The van der Waals surface area contributed by atoms with Crippen molar-refractivity contribution in [2.45, 2.75) is 80.5 Å². The molecule has 3 unspecified atom stereocenters. The molecule has 0 saturated carbocycles. The Morgan fingerprint density at radius 2 is 1.65 bits per heavy atom. The van der Waals surface area contributed by atoms with Gasteiger partial charge in [0.25, 0.3) is 0 Å². The van der Waals surface area contributed by atoms with Gasteiger partial charge in [-0.05, 0) is 103 Å². The normalized spacial score (nSPS) is 24.1. The van der Waals surface area contributed by atoms with E-state index in [0.29, 0.717) is 5.56 Å². The van der Waals surface area contributed by atoms with E-state index in [1.54, 1.807) is 0 Å². The van der Waals surface area contributed by atoms with E-state index in [4.69, 9.17) is 4.74 Å². The zero-order chi connectivity index (χ0) is 34.4. The SMILES string of the molecule is CCN(CC)/C(C)=C/C=C(\C)C1(/C=C(\C2=C(C)N(CC)C3C=CC=CC23C)c2c(C)n(CC)c3ccccc23)OC(=O)c2ccccc21. The average molecular weight is 642 g/mol. The Hall–Kier alpha value is -4.51. The molecule has 3 aliphatic rings. The molecule has 3 aromatic rings. The highest BCUT2D eigenvalue weighted by atomic mass is 16.6. The summed E-state index contributed by atoms with van der Waals surface area (Å²) in [5.74, 6) is -0.289. The van der Waals surface area contributed by atoms with Crippen molar-refractivity contribution in [2.75, 3.05) is 19.6 Å². The molecule has 250 valence electrons. The molecule has 2 aromatic carbocycles. The number of para-hydroxylation sites is 1. The Balaban J connectivity index is 1.74. The summed E-state index contributed by atoms with van der Waals surface area (Å²) in [5.41, 5.74) is 9.54. The number of benzene rings is 2. The third-order valence-corrected chi connectivity index (χ3v) is 11.1. The number of ether oxygens (including phenoxy) is 1. The van der Waals surface area contributed by atoms with Crippen molar-refractivity contribution >= 4 is 22.4 Å². The molecule has 0 radical (unpaired) electrons. The number of cyclic esters (lactones) is 1. The number of nitrogens with zero attached hydrogens (tertiary/aromatic N) is 3. The molecule has 1 aliphatic carbocycles. The van der Waals surface area contributed by atoms with Gasteiger partial charge in [0.1, 0.15) is 0 Å². The molecule has 48 heavy (non-hydrogen) atoms. The summed E-state index contributed by atoms with van der Waals surface area (Å²) in [7, 11) is 0. The minimum Gasteiger partial charge on any atom is -0.442 e. The number of esters is 1. The zero-order valence-electron chi connectivity index (χ0n) is 30.2. The first-order valence-corrected chi connectivity index (χ1v) is 17.7. The molecule has 6 rings (SSSR count). The van der Waals surface area contributed by atoms with Gasteiger partial charge in [-0.3, -0.25) is 0 Å². The number of fused-ring (bicyclic) bond motifs is 3. The fourth-order valence-electron chi connectivity index (χ4n) is 8.65. The first-order valence-electron chi connectivity index (χ1n) is 17.7. The monoisotopic (exact) mass is 641 g/mol. The number of hydrogen-bond acceptors (Lipinski definition) is 4. The zero-order valence-corrected chi connectivity index (χ0v) is 30.2. The van der Waals surface area contributed by atoms with E-state index < -0.39 is 5.60 Å². The van der Waals surface area contributed by atoms with E-state index in [0.717, 1.165) is 42.9 Å². The van der Waals surface area contributed by atoms with Crippen LogP contribution in [0.25, 0.3) is 16.5 Å². The van der Waals surface area contributed by atoms with Gasteiger partial charge in [-0.2, -0.15) is 0 Å². The Labute approximate surface area is 287 Å². The number of likely N-dealkylation sites (N-methyl/N-ethyl adjacent to an activating group) is 1. The van der Waals surface area contributed by atoms with Crippen LogP contribution in [0.3, 0.4) is 0 Å². The molecule has 0 N–H and O–H groups in total. The van der Waals surface area contributed by atoms with Crippen LogP contribution in [0, 0.1) is 12.3 Å². The predicted molar refractivity (Wildman–Crippen MR) is 200 cm³/mol. The van der Waals surface area contributed by atoms with Crippen LogP contribution in [0.15, 0.2) is 114 Å². The lowest BCUT2D eigenvalue weighted by Gasteiger charge is -2.37. The van der Waals surface area contributed by atoms with E-state index in [-0.39, 0.29) is 17.4 Å². The van der Waals surface area contributed by atoms with Gasteiger partial charge in [0.2, 0.25) is 0 Å². The highest BCUT2D eigenvalue weighted by Crippen LogP contribution is 2.56. The maximum atomic E-state index is 13.8. The van der Waals surface area contributed by atoms with Crippen molar-refractivity contribution < 1.29 is 9.53 Å². The molecule has 3 atom stereocenters. The number of carbonyl (C=O) groups excluding carboxylic acids is 1. The van der Waals surface area contributed by atoms with E-state index in [2.05, 4.69) is 150 Å². The Morgan fingerprint density at radius 3 is 2.35 bits per heavy atom. The first kappa shape index (κ1) is 33.4. The molecule has 2 aliphatic heterocycles. The molecule has 3 heterocycles. The fourth-order valence-corrected chi connectivity index (χ4v) is 8.65. The highest BCUT2D eigenvalue weighted by Gasteiger charge is 2.51. The number of aryl methyl sites for hydroxylation is 1. The highest BCUT2D eigenvalue weighted by molar-refractivity contribution is 6.02. The van der Waals surface area contributed by atoms with E-state index >= 15 is 0 Å². The van der Waals surface area contributed by atoms with Gasteiger partial charge in [0.05, 0.1) is 11.6 Å². The minimum absolute atomic E-state index is 0.191. The molecule has 0 saturated heterocycles. The molecule has 0 bridgehead atoms. The molecule has 1 aromatic heterocycles. The van der Waals surface area contributed by atoms with Crippen molar-refractivity contribution in [1.82, 2.24) is 14.4 Å². The lowest BCUT2D eigenvalue weighted by atomic mass is 9.69. The molecule has 5 heteroatoms. The van der Waals surface area contributed by atoms with Gasteiger partial charge in [0, 0.05) is 70.7 Å². The smallest absolute Gasteiger partial charge is 0.340 e. The summed E-state index contributed by atoms with van der Waals surface area (Å²) in [6.45, 7) is 23.6. The molecule has 0 fully saturated rings. The average Bonchev–Trinajstić information content (AvgIpc) is 3.63. The number of aromatic nitrogens is 1. The molecular weight excluding hydrogens is 590 g/mol. The van der Waals surface area contributed by atoms with Gasteiger partial charge in [-0.25, -0.2) is 4.79 Å². The lowest BCUT2D eigenvalue weighted by Crippen LogP contribution is -2.38. The van der Waals surface area contributed by atoms with Gasteiger partial charge >= 0.3 is 5.97 Å². The maximum Gasteiger partial charge on any atom is 0.340 e. The van der Waals surface area contributed by atoms with Crippen LogP contribution in [0.1, 0.15) is 82.6 Å². The summed E-state index contributed by atoms with van der Waals surface area (Å²) < 4.78 is 9.09. The predicted octanol–water partition coefficient (Wildman–Crippen LogP) is 9.72. The van der Waals surface area contributed by atoms with Crippen molar-refractivity contribution in [3.8, 4) is 0 Å². The molecular formula is C43H51N3O2. The van der Waals surface area contributed by atoms with Crippen molar-refractivity contribution in [1.29, 1.82) is 0 Å². The largest absolute Gasteiger partial charge is 0.442 e. The number of hydrogen-bond donors (Lipinski definition) is 0. The quantitative estimate of drug-likeness (QED) is 0.163. The van der Waals surface area contributed by atoms with Crippen LogP contribution >= 0.6 is 0 Å². The molecule has 5 nitrogen and oxygen atoms in total. The Morgan fingerprint density at radius 1 is 0.938 bits per heavy atom. The maximum absolute atomic E-state index is 13.8. The third kappa shape index (κ3) is 5.01. The number of carbonyl (C=O) groups is 1. The van der Waals surface area contributed by atoms with E-state index in [1.165, 1.54) is 39.1 Å². The first-order chi connectivity index (χ1) is 23.1. The second kappa shape index (κ2) is 12.8. The Kier molecular flexibility index (Phi) is 8.93. The lowest BCUT2D eigenvalue weighted by molar-refractivity contribution is 0.0264. The minimum atomic E-state index is -1.10. The number of rotatable bonds is 10. The Bertz CT molecular complexity index is 1940.